The quantitative estimate of drug-likeness (QED) is 0.133. The van der Waals surface area contributed by atoms with Crippen LogP contribution in [0.2, 0.25) is 10.0 Å². The zero-order chi connectivity index (χ0) is 30.2. The van der Waals surface area contributed by atoms with E-state index < -0.39 is 17.3 Å². The summed E-state index contributed by atoms with van der Waals surface area (Å²) in [6.07, 6.45) is 1.65. The van der Waals surface area contributed by atoms with Gasteiger partial charge in [0.05, 0.1) is 28.0 Å². The first-order valence-electron chi connectivity index (χ1n) is 14.3. The Hall–Kier alpha value is -4.78. The summed E-state index contributed by atoms with van der Waals surface area (Å²) in [5.41, 5.74) is 6.08. The number of halogens is 2. The monoisotopic (exact) mass is 615 g/mol. The van der Waals surface area contributed by atoms with Crippen molar-refractivity contribution in [3.63, 3.8) is 0 Å². The predicted octanol–water partition coefficient (Wildman–Crippen LogP) is 7.11. The molecular weight excluding hydrogens is 593 g/mol. The number of amides is 3. The summed E-state index contributed by atoms with van der Waals surface area (Å²) in [4.78, 5) is 43.5. The van der Waals surface area contributed by atoms with Crippen LogP contribution in [0.25, 0.3) is 10.8 Å². The molecule has 1 aliphatic heterocycles. The molecule has 0 aromatic heterocycles. The number of imide groups is 1. The first-order valence-corrected chi connectivity index (χ1v) is 15.0. The van der Waals surface area contributed by atoms with Gasteiger partial charge in [0, 0.05) is 22.7 Å². The largest absolute Gasteiger partial charge is 0.274 e. The van der Waals surface area contributed by atoms with E-state index in [2.05, 4.69) is 10.5 Å². The van der Waals surface area contributed by atoms with Crippen LogP contribution in [0.5, 0.6) is 0 Å². The molecule has 0 radical (unpaired) electrons. The van der Waals surface area contributed by atoms with Gasteiger partial charge in [-0.25, -0.2) is 10.3 Å². The summed E-state index contributed by atoms with van der Waals surface area (Å²) < 4.78 is 0. The van der Waals surface area contributed by atoms with Gasteiger partial charge in [0.1, 0.15) is 0 Å². The van der Waals surface area contributed by atoms with E-state index in [0.717, 1.165) is 33.0 Å². The number of rotatable bonds is 4. The zero-order valence-corrected chi connectivity index (χ0v) is 24.6. The van der Waals surface area contributed by atoms with Gasteiger partial charge in [-0.3, -0.25) is 14.4 Å². The summed E-state index contributed by atoms with van der Waals surface area (Å²) in [5, 5.41) is 6.90. The second kappa shape index (κ2) is 9.88. The first kappa shape index (κ1) is 26.8. The number of hydrogen-bond donors (Lipinski definition) is 1. The first-order chi connectivity index (χ1) is 21.4. The summed E-state index contributed by atoms with van der Waals surface area (Å²) in [5.74, 6) is -2.91. The van der Waals surface area contributed by atoms with E-state index >= 15 is 0 Å². The molecule has 6 nitrogen and oxygen atoms in total. The van der Waals surface area contributed by atoms with Crippen molar-refractivity contribution in [3.8, 4) is 0 Å². The van der Waals surface area contributed by atoms with Gasteiger partial charge in [0.2, 0.25) is 11.8 Å². The minimum atomic E-state index is -1.13. The molecule has 1 saturated heterocycles. The van der Waals surface area contributed by atoms with E-state index in [9.17, 15) is 14.4 Å². The fraction of sp³-hybridized carbons (Fsp3) is 0.111. The maximum Gasteiger partial charge on any atom is 0.271 e. The Bertz CT molecular complexity index is 2040. The molecule has 1 fully saturated rings. The number of anilines is 1. The van der Waals surface area contributed by atoms with Crippen LogP contribution < -0.4 is 10.3 Å². The maximum atomic E-state index is 14.5. The molecule has 1 heterocycles. The molecule has 44 heavy (non-hydrogen) atoms. The summed E-state index contributed by atoms with van der Waals surface area (Å²) in [6.45, 7) is 0. The Morgan fingerprint density at radius 1 is 0.795 bits per heavy atom. The van der Waals surface area contributed by atoms with E-state index in [1.54, 1.807) is 24.4 Å². The summed E-state index contributed by atoms with van der Waals surface area (Å²) in [6, 6.07) is 33.7. The third-order valence-electron chi connectivity index (χ3n) is 9.30. The van der Waals surface area contributed by atoms with E-state index in [0.29, 0.717) is 16.3 Å². The Morgan fingerprint density at radius 3 is 2.18 bits per heavy atom. The molecule has 3 aliphatic carbocycles. The smallest absolute Gasteiger partial charge is 0.271 e. The highest BCUT2D eigenvalue weighted by atomic mass is 35.5. The lowest BCUT2D eigenvalue weighted by atomic mass is 9.47. The topological polar surface area (TPSA) is 78.8 Å². The molecule has 2 bridgehead atoms. The minimum Gasteiger partial charge on any atom is -0.274 e. The van der Waals surface area contributed by atoms with Crippen molar-refractivity contribution in [2.45, 2.75) is 11.3 Å². The number of benzene rings is 5. The number of nitrogens with zero attached hydrogens (tertiary/aromatic N) is 2. The van der Waals surface area contributed by atoms with Crippen LogP contribution in [-0.2, 0) is 15.0 Å². The van der Waals surface area contributed by atoms with Crippen molar-refractivity contribution in [2.75, 3.05) is 4.90 Å². The van der Waals surface area contributed by atoms with Crippen LogP contribution in [0.1, 0.15) is 38.5 Å². The molecule has 5 aromatic carbocycles. The third-order valence-corrected chi connectivity index (χ3v) is 9.84. The Labute approximate surface area is 262 Å². The van der Waals surface area contributed by atoms with Crippen molar-refractivity contribution >= 4 is 63.6 Å². The van der Waals surface area contributed by atoms with Crippen molar-refractivity contribution in [1.82, 2.24) is 5.43 Å². The number of carbonyl (C=O) groups excluding carboxylic acids is 3. The second-order valence-corrected chi connectivity index (χ2v) is 12.2. The minimum absolute atomic E-state index is 0.213. The van der Waals surface area contributed by atoms with Gasteiger partial charge in [-0.1, -0.05) is 108 Å². The summed E-state index contributed by atoms with van der Waals surface area (Å²) >= 11 is 12.7. The zero-order valence-electron chi connectivity index (χ0n) is 23.1. The molecule has 0 saturated carbocycles. The van der Waals surface area contributed by atoms with Crippen molar-refractivity contribution < 1.29 is 14.4 Å². The van der Waals surface area contributed by atoms with Crippen LogP contribution in [0.4, 0.5) is 5.69 Å². The van der Waals surface area contributed by atoms with E-state index in [-0.39, 0.29) is 28.7 Å². The van der Waals surface area contributed by atoms with Crippen molar-refractivity contribution in [3.05, 3.63) is 147 Å². The van der Waals surface area contributed by atoms with Gasteiger partial charge in [0.15, 0.2) is 0 Å². The molecule has 2 atom stereocenters. The number of hydrogen-bond acceptors (Lipinski definition) is 4. The van der Waals surface area contributed by atoms with E-state index in [1.165, 1.54) is 11.0 Å². The average molecular weight is 617 g/mol. The average Bonchev–Trinajstić information content (AvgIpc) is 3.31. The highest BCUT2D eigenvalue weighted by Gasteiger charge is 2.68. The van der Waals surface area contributed by atoms with E-state index in [4.69, 9.17) is 23.2 Å². The Kier molecular flexibility index (Phi) is 6.02. The normalized spacial score (nSPS) is 23.1. The summed E-state index contributed by atoms with van der Waals surface area (Å²) in [7, 11) is 0. The standard InChI is InChI=1S/C36H23Cl2N3O3/c37-21-16-17-29(28(38)18-21)41-34(43)31-30-24-11-3-5-14-26(24)36(32(31)35(41)44,27-15-6-4-12-25(27)30)19-39-40-33(42)23-13-7-9-20-8-1-2-10-22(20)23/h1-19,30-32H,(H,40,42)/b39-19-/t30?,31-,32-,36?/m1/s1. The van der Waals surface area contributed by atoms with Crippen molar-refractivity contribution in [2.24, 2.45) is 16.9 Å². The lowest BCUT2D eigenvalue weighted by Gasteiger charge is -2.52. The molecule has 5 aromatic rings. The second-order valence-electron chi connectivity index (χ2n) is 11.4. The van der Waals surface area contributed by atoms with Gasteiger partial charge in [-0.2, -0.15) is 5.10 Å². The SMILES string of the molecule is O=C(N/N=C\C12c3ccccc3C(c3ccccc31)[C@H]1C(=O)N(c3ccc(Cl)cc3Cl)C(=O)[C@@H]12)c1cccc2ccccc12. The molecule has 8 heteroatoms. The highest BCUT2D eigenvalue weighted by Crippen LogP contribution is 2.63. The van der Waals surface area contributed by atoms with Crippen LogP contribution in [0.3, 0.4) is 0 Å². The molecular formula is C36H23Cl2N3O3. The Morgan fingerprint density at radius 2 is 1.45 bits per heavy atom. The number of fused-ring (bicyclic) bond motifs is 1. The molecule has 0 unspecified atom stereocenters. The highest BCUT2D eigenvalue weighted by molar-refractivity contribution is 6.38. The number of hydrazone groups is 1. The molecule has 214 valence electrons. The fourth-order valence-electron chi connectivity index (χ4n) is 7.63. The van der Waals surface area contributed by atoms with Crippen molar-refractivity contribution in [1.29, 1.82) is 0 Å². The van der Waals surface area contributed by atoms with E-state index in [1.807, 2.05) is 84.9 Å². The van der Waals surface area contributed by atoms with Crippen LogP contribution in [0.15, 0.2) is 114 Å². The molecule has 1 N–H and O–H groups in total. The number of carbonyl (C=O) groups is 3. The molecule has 3 amide bonds. The van der Waals surface area contributed by atoms with Crippen LogP contribution >= 0.6 is 23.2 Å². The lowest BCUT2D eigenvalue weighted by Crippen LogP contribution is -2.54. The maximum absolute atomic E-state index is 14.5. The third kappa shape index (κ3) is 3.62. The van der Waals surface area contributed by atoms with Gasteiger partial charge in [0.25, 0.3) is 5.91 Å². The number of nitrogens with one attached hydrogen (secondary N) is 1. The predicted molar refractivity (Wildman–Crippen MR) is 171 cm³/mol. The van der Waals surface area contributed by atoms with Crippen LogP contribution in [0, 0.1) is 11.8 Å². The molecule has 0 spiro atoms. The molecule has 9 rings (SSSR count). The lowest BCUT2D eigenvalue weighted by molar-refractivity contribution is -0.122. The van der Waals surface area contributed by atoms with Gasteiger partial charge >= 0.3 is 0 Å². The van der Waals surface area contributed by atoms with Crippen LogP contribution in [-0.4, -0.2) is 23.9 Å². The Balaban J connectivity index is 1.29. The van der Waals surface area contributed by atoms with Gasteiger partial charge in [-0.05, 0) is 57.3 Å². The molecule has 4 aliphatic rings. The fourth-order valence-corrected chi connectivity index (χ4v) is 8.12. The van der Waals surface area contributed by atoms with Gasteiger partial charge < -0.3 is 0 Å². The van der Waals surface area contributed by atoms with Gasteiger partial charge in [-0.15, -0.1) is 0 Å².